The highest BCUT2D eigenvalue weighted by molar-refractivity contribution is 5.85. The Bertz CT molecular complexity index is 315. The lowest BCUT2D eigenvalue weighted by Crippen LogP contribution is -2.07. The average Bonchev–Trinajstić information content (AvgIpc) is 2.89. The van der Waals surface area contributed by atoms with E-state index in [-0.39, 0.29) is 24.8 Å². The van der Waals surface area contributed by atoms with Crippen molar-refractivity contribution in [2.75, 3.05) is 5.73 Å². The van der Waals surface area contributed by atoms with Crippen LogP contribution >= 0.6 is 24.8 Å². The van der Waals surface area contributed by atoms with Crippen LogP contribution in [0.1, 0.15) is 24.2 Å². The van der Waals surface area contributed by atoms with Crippen LogP contribution in [0.3, 0.4) is 0 Å². The van der Waals surface area contributed by atoms with Gasteiger partial charge in [0.15, 0.2) is 0 Å². The Morgan fingerprint density at radius 1 is 1.33 bits per heavy atom. The van der Waals surface area contributed by atoms with Crippen molar-refractivity contribution in [3.05, 3.63) is 17.6 Å². The topological polar surface area (TPSA) is 77.8 Å². The van der Waals surface area contributed by atoms with Crippen LogP contribution in [-0.2, 0) is 13.0 Å². The van der Waals surface area contributed by atoms with Gasteiger partial charge in [0, 0.05) is 24.7 Å². The number of halogens is 2. The van der Waals surface area contributed by atoms with E-state index in [4.69, 9.17) is 11.5 Å². The van der Waals surface area contributed by atoms with E-state index in [0.29, 0.717) is 12.4 Å². The molecule has 0 saturated heterocycles. The van der Waals surface area contributed by atoms with E-state index in [1.54, 1.807) is 6.20 Å². The van der Waals surface area contributed by atoms with E-state index in [1.165, 1.54) is 12.8 Å². The number of hydrogen-bond donors (Lipinski definition) is 2. The van der Waals surface area contributed by atoms with Gasteiger partial charge in [-0.3, -0.25) is 0 Å². The minimum Gasteiger partial charge on any atom is -0.383 e. The van der Waals surface area contributed by atoms with E-state index in [0.717, 1.165) is 23.7 Å². The largest absolute Gasteiger partial charge is 0.383 e. The van der Waals surface area contributed by atoms with Gasteiger partial charge < -0.3 is 11.5 Å². The summed E-state index contributed by atoms with van der Waals surface area (Å²) in [7, 11) is 0. The van der Waals surface area contributed by atoms with Gasteiger partial charge in [-0.25, -0.2) is 9.97 Å². The van der Waals surface area contributed by atoms with Crippen LogP contribution in [0.5, 0.6) is 0 Å². The maximum atomic E-state index is 5.70. The van der Waals surface area contributed by atoms with Crippen LogP contribution in [0, 0.1) is 5.92 Å². The molecule has 1 fully saturated rings. The van der Waals surface area contributed by atoms with Gasteiger partial charge in [-0.15, -0.1) is 24.8 Å². The number of anilines is 1. The normalized spacial score (nSPS) is 13.9. The summed E-state index contributed by atoms with van der Waals surface area (Å²) >= 11 is 0. The molecule has 0 aliphatic heterocycles. The van der Waals surface area contributed by atoms with Crippen LogP contribution in [0.4, 0.5) is 5.82 Å². The van der Waals surface area contributed by atoms with Crippen molar-refractivity contribution in [2.45, 2.75) is 25.8 Å². The highest BCUT2D eigenvalue weighted by Gasteiger charge is 2.22. The summed E-state index contributed by atoms with van der Waals surface area (Å²) in [4.78, 5) is 8.43. The van der Waals surface area contributed by atoms with Gasteiger partial charge in [0.1, 0.15) is 11.6 Å². The Balaban J connectivity index is 0.000000980. The van der Waals surface area contributed by atoms with Gasteiger partial charge in [-0.2, -0.15) is 0 Å². The molecule has 0 bridgehead atoms. The molecule has 1 aliphatic rings. The van der Waals surface area contributed by atoms with Gasteiger partial charge >= 0.3 is 0 Å². The van der Waals surface area contributed by atoms with Crippen molar-refractivity contribution in [2.24, 2.45) is 11.7 Å². The number of rotatable bonds is 3. The summed E-state index contributed by atoms with van der Waals surface area (Å²) in [6.45, 7) is 0.412. The summed E-state index contributed by atoms with van der Waals surface area (Å²) in [6, 6.07) is 0. The van der Waals surface area contributed by atoms with E-state index in [2.05, 4.69) is 9.97 Å². The molecule has 1 aromatic heterocycles. The van der Waals surface area contributed by atoms with E-state index >= 15 is 0 Å². The lowest BCUT2D eigenvalue weighted by atomic mass is 10.2. The first-order valence-corrected chi connectivity index (χ1v) is 4.60. The predicted octanol–water partition coefficient (Wildman–Crippen LogP) is 1.31. The second-order valence-electron chi connectivity index (χ2n) is 3.55. The fourth-order valence-corrected chi connectivity index (χ4v) is 1.29. The first kappa shape index (κ1) is 14.4. The predicted molar refractivity (Wildman–Crippen MR) is 65.3 cm³/mol. The molecule has 4 nitrogen and oxygen atoms in total. The molecule has 0 atom stereocenters. The molecule has 86 valence electrons. The van der Waals surface area contributed by atoms with E-state index in [9.17, 15) is 0 Å². The zero-order chi connectivity index (χ0) is 9.26. The third-order valence-corrected chi connectivity index (χ3v) is 2.34. The second-order valence-corrected chi connectivity index (χ2v) is 3.55. The minimum absolute atomic E-state index is 0. The Labute approximate surface area is 102 Å². The number of nitrogens with two attached hydrogens (primary N) is 2. The van der Waals surface area contributed by atoms with Crippen molar-refractivity contribution in [3.63, 3.8) is 0 Å². The molecule has 0 unspecified atom stereocenters. The minimum atomic E-state index is 0. The standard InChI is InChI=1S/C9H14N4.2ClH/c10-4-7-5-12-8(13-9(7)11)3-6-1-2-6;;/h5-6H,1-4,10H2,(H2,11,12,13);2*1H. The molecule has 0 aromatic carbocycles. The number of nitrogens with zero attached hydrogens (tertiary/aromatic N) is 2. The summed E-state index contributed by atoms with van der Waals surface area (Å²) < 4.78 is 0. The zero-order valence-electron chi connectivity index (χ0n) is 8.35. The maximum absolute atomic E-state index is 5.70. The fourth-order valence-electron chi connectivity index (χ4n) is 1.29. The molecule has 0 amide bonds. The molecule has 1 heterocycles. The summed E-state index contributed by atoms with van der Waals surface area (Å²) in [6.07, 6.45) is 5.32. The molecule has 0 spiro atoms. The molecular weight excluding hydrogens is 235 g/mol. The Hall–Kier alpha value is -0.580. The van der Waals surface area contributed by atoms with E-state index in [1.807, 2.05) is 0 Å². The number of aromatic nitrogens is 2. The van der Waals surface area contributed by atoms with Crippen molar-refractivity contribution >= 4 is 30.6 Å². The van der Waals surface area contributed by atoms with Gasteiger partial charge in [0.25, 0.3) is 0 Å². The second kappa shape index (κ2) is 6.10. The average molecular weight is 251 g/mol. The molecule has 15 heavy (non-hydrogen) atoms. The van der Waals surface area contributed by atoms with Crippen molar-refractivity contribution < 1.29 is 0 Å². The first-order chi connectivity index (χ1) is 6.29. The van der Waals surface area contributed by atoms with Gasteiger partial charge in [0.2, 0.25) is 0 Å². The number of hydrogen-bond acceptors (Lipinski definition) is 4. The molecule has 1 aromatic rings. The lowest BCUT2D eigenvalue weighted by Gasteiger charge is -2.03. The SMILES string of the molecule is Cl.Cl.NCc1cnc(CC2CC2)nc1N. The van der Waals surface area contributed by atoms with Crippen molar-refractivity contribution in [1.29, 1.82) is 0 Å². The third kappa shape index (κ3) is 3.81. The van der Waals surface area contributed by atoms with Crippen LogP contribution in [0.2, 0.25) is 0 Å². The third-order valence-electron chi connectivity index (χ3n) is 2.34. The van der Waals surface area contributed by atoms with Crippen LogP contribution in [-0.4, -0.2) is 9.97 Å². The molecule has 1 aliphatic carbocycles. The summed E-state index contributed by atoms with van der Waals surface area (Å²) in [5, 5.41) is 0. The Morgan fingerprint density at radius 3 is 2.47 bits per heavy atom. The smallest absolute Gasteiger partial charge is 0.131 e. The Morgan fingerprint density at radius 2 is 2.00 bits per heavy atom. The fraction of sp³-hybridized carbons (Fsp3) is 0.556. The van der Waals surface area contributed by atoms with Gasteiger partial charge in [-0.05, 0) is 18.8 Å². The molecule has 1 saturated carbocycles. The quantitative estimate of drug-likeness (QED) is 0.849. The first-order valence-electron chi connectivity index (χ1n) is 4.60. The molecular formula is C9H16Cl2N4. The molecule has 0 radical (unpaired) electrons. The van der Waals surface area contributed by atoms with Crippen molar-refractivity contribution in [1.82, 2.24) is 9.97 Å². The highest BCUT2D eigenvalue weighted by atomic mass is 35.5. The monoisotopic (exact) mass is 250 g/mol. The summed E-state index contributed by atoms with van der Waals surface area (Å²) in [5.41, 5.74) is 12.0. The zero-order valence-corrected chi connectivity index (χ0v) is 9.98. The lowest BCUT2D eigenvalue weighted by molar-refractivity contribution is 0.767. The molecule has 2 rings (SSSR count). The van der Waals surface area contributed by atoms with Gasteiger partial charge in [-0.1, -0.05) is 0 Å². The van der Waals surface area contributed by atoms with Gasteiger partial charge in [0.05, 0.1) is 0 Å². The maximum Gasteiger partial charge on any atom is 0.131 e. The summed E-state index contributed by atoms with van der Waals surface area (Å²) in [5.74, 6) is 2.19. The Kier molecular flexibility index (Phi) is 5.87. The molecule has 4 N–H and O–H groups in total. The van der Waals surface area contributed by atoms with Crippen LogP contribution in [0.25, 0.3) is 0 Å². The van der Waals surface area contributed by atoms with E-state index < -0.39 is 0 Å². The highest BCUT2D eigenvalue weighted by Crippen LogP contribution is 2.31. The number of nitrogen functional groups attached to an aromatic ring is 1. The van der Waals surface area contributed by atoms with Crippen LogP contribution in [0.15, 0.2) is 6.20 Å². The molecule has 6 heteroatoms. The van der Waals surface area contributed by atoms with Crippen LogP contribution < -0.4 is 11.5 Å². The van der Waals surface area contributed by atoms with Crippen molar-refractivity contribution in [3.8, 4) is 0 Å².